The van der Waals surface area contributed by atoms with Gasteiger partial charge in [0.1, 0.15) is 12.5 Å². The van der Waals surface area contributed by atoms with E-state index in [0.717, 1.165) is 19.0 Å². The molecule has 5 heteroatoms. The van der Waals surface area contributed by atoms with E-state index in [0.29, 0.717) is 17.4 Å². The third kappa shape index (κ3) is 3.46. The van der Waals surface area contributed by atoms with E-state index in [1.807, 2.05) is 0 Å². The average molecular weight is 269 g/mol. The first-order valence-electron chi connectivity index (χ1n) is 6.10. The van der Waals surface area contributed by atoms with Crippen molar-refractivity contribution in [3.05, 3.63) is 24.3 Å². The smallest absolute Gasteiger partial charge is 0.175 e. The molecule has 18 heavy (non-hydrogen) atoms. The summed E-state index contributed by atoms with van der Waals surface area (Å²) in [6, 6.07) is 6.57. The topological polar surface area (TPSA) is 46.6 Å². The molecule has 1 aromatic rings. The second kappa shape index (κ2) is 5.28. The molecule has 4 nitrogen and oxygen atoms in total. The highest BCUT2D eigenvalue weighted by atomic mass is 32.2. The Kier molecular flexibility index (Phi) is 3.92. The SMILES string of the molecule is CC1CCN(COc2ccc(S(C)(=O)=O)cc2)C1. The molecule has 0 radical (unpaired) electrons. The zero-order valence-electron chi connectivity index (χ0n) is 10.8. The van der Waals surface area contributed by atoms with E-state index >= 15 is 0 Å². The summed E-state index contributed by atoms with van der Waals surface area (Å²) < 4.78 is 28.2. The normalized spacial score (nSPS) is 21.1. The van der Waals surface area contributed by atoms with Crippen molar-refractivity contribution in [2.24, 2.45) is 5.92 Å². The van der Waals surface area contributed by atoms with Crippen molar-refractivity contribution in [2.45, 2.75) is 18.2 Å². The highest BCUT2D eigenvalue weighted by Gasteiger charge is 2.18. The van der Waals surface area contributed by atoms with Crippen LogP contribution in [0.1, 0.15) is 13.3 Å². The minimum Gasteiger partial charge on any atom is -0.478 e. The quantitative estimate of drug-likeness (QED) is 0.835. The average Bonchev–Trinajstić information content (AvgIpc) is 2.72. The molecule has 0 bridgehead atoms. The van der Waals surface area contributed by atoms with Crippen LogP contribution in [0, 0.1) is 5.92 Å². The number of sulfone groups is 1. The summed E-state index contributed by atoms with van der Waals surface area (Å²) in [6.07, 6.45) is 2.42. The van der Waals surface area contributed by atoms with E-state index in [9.17, 15) is 8.42 Å². The fourth-order valence-corrected chi connectivity index (χ4v) is 2.72. The van der Waals surface area contributed by atoms with Gasteiger partial charge in [-0.2, -0.15) is 0 Å². The Hall–Kier alpha value is -1.07. The Morgan fingerprint density at radius 2 is 2.00 bits per heavy atom. The Labute approximate surface area is 108 Å². The molecule has 0 aliphatic carbocycles. The molecule has 0 aromatic heterocycles. The lowest BCUT2D eigenvalue weighted by molar-refractivity contribution is 0.148. The van der Waals surface area contributed by atoms with Crippen LogP contribution in [0.3, 0.4) is 0 Å². The molecule has 2 rings (SSSR count). The Morgan fingerprint density at radius 1 is 1.33 bits per heavy atom. The Bertz CT molecular complexity index is 495. The maximum absolute atomic E-state index is 11.3. The third-order valence-electron chi connectivity index (χ3n) is 3.17. The van der Waals surface area contributed by atoms with E-state index in [4.69, 9.17) is 4.74 Å². The predicted molar refractivity (Wildman–Crippen MR) is 70.4 cm³/mol. The van der Waals surface area contributed by atoms with E-state index in [-0.39, 0.29) is 0 Å². The van der Waals surface area contributed by atoms with Crippen LogP contribution in [-0.2, 0) is 9.84 Å². The Morgan fingerprint density at radius 3 is 2.50 bits per heavy atom. The second-order valence-electron chi connectivity index (χ2n) is 4.99. The van der Waals surface area contributed by atoms with Crippen LogP contribution >= 0.6 is 0 Å². The van der Waals surface area contributed by atoms with Gasteiger partial charge in [-0.05, 0) is 36.6 Å². The van der Waals surface area contributed by atoms with E-state index in [1.54, 1.807) is 24.3 Å². The molecule has 1 unspecified atom stereocenters. The lowest BCUT2D eigenvalue weighted by Crippen LogP contribution is -2.25. The first-order valence-corrected chi connectivity index (χ1v) is 7.99. The van der Waals surface area contributed by atoms with Crippen LogP contribution in [0.2, 0.25) is 0 Å². The van der Waals surface area contributed by atoms with Crippen LogP contribution < -0.4 is 4.74 Å². The first-order chi connectivity index (χ1) is 8.45. The monoisotopic (exact) mass is 269 g/mol. The number of hydrogen-bond acceptors (Lipinski definition) is 4. The van der Waals surface area contributed by atoms with E-state index in [1.165, 1.54) is 12.7 Å². The summed E-state index contributed by atoms with van der Waals surface area (Å²) in [7, 11) is -3.12. The minimum atomic E-state index is -3.12. The van der Waals surface area contributed by atoms with Gasteiger partial charge in [0, 0.05) is 19.3 Å². The van der Waals surface area contributed by atoms with Crippen molar-refractivity contribution in [2.75, 3.05) is 26.1 Å². The number of ether oxygens (including phenoxy) is 1. The standard InChI is InChI=1S/C13H19NO3S/c1-11-7-8-14(9-11)10-17-12-3-5-13(6-4-12)18(2,15)16/h3-6,11H,7-10H2,1-2H3. The van der Waals surface area contributed by atoms with Crippen LogP contribution in [0.25, 0.3) is 0 Å². The number of rotatable bonds is 4. The zero-order valence-corrected chi connectivity index (χ0v) is 11.6. The van der Waals surface area contributed by atoms with Crippen LogP contribution in [-0.4, -0.2) is 39.4 Å². The van der Waals surface area contributed by atoms with Crippen molar-refractivity contribution >= 4 is 9.84 Å². The van der Waals surface area contributed by atoms with Gasteiger partial charge in [-0.15, -0.1) is 0 Å². The van der Waals surface area contributed by atoms with Gasteiger partial charge in [0.15, 0.2) is 9.84 Å². The van der Waals surface area contributed by atoms with Crippen LogP contribution in [0.4, 0.5) is 0 Å². The van der Waals surface area contributed by atoms with Crippen molar-refractivity contribution in [3.63, 3.8) is 0 Å². The van der Waals surface area contributed by atoms with Gasteiger partial charge in [-0.1, -0.05) is 6.92 Å². The lowest BCUT2D eigenvalue weighted by atomic mass is 10.2. The molecule has 1 atom stereocenters. The van der Waals surface area contributed by atoms with E-state index in [2.05, 4.69) is 11.8 Å². The maximum atomic E-state index is 11.3. The van der Waals surface area contributed by atoms with Gasteiger partial charge in [0.05, 0.1) is 4.90 Å². The molecule has 100 valence electrons. The van der Waals surface area contributed by atoms with Gasteiger partial charge in [0.2, 0.25) is 0 Å². The van der Waals surface area contributed by atoms with Gasteiger partial charge < -0.3 is 4.74 Å². The summed E-state index contributed by atoms with van der Waals surface area (Å²) in [5.74, 6) is 1.45. The van der Waals surface area contributed by atoms with Crippen molar-refractivity contribution in [1.82, 2.24) is 4.90 Å². The molecule has 1 aliphatic heterocycles. The van der Waals surface area contributed by atoms with Gasteiger partial charge in [-0.3, -0.25) is 4.90 Å². The van der Waals surface area contributed by atoms with Crippen LogP contribution in [0.5, 0.6) is 5.75 Å². The fraction of sp³-hybridized carbons (Fsp3) is 0.538. The largest absolute Gasteiger partial charge is 0.478 e. The number of hydrogen-bond donors (Lipinski definition) is 0. The Balaban J connectivity index is 1.91. The van der Waals surface area contributed by atoms with Gasteiger partial charge in [-0.25, -0.2) is 8.42 Å². The first kappa shape index (κ1) is 13.4. The van der Waals surface area contributed by atoms with Crippen molar-refractivity contribution in [3.8, 4) is 5.75 Å². The summed E-state index contributed by atoms with van der Waals surface area (Å²) in [5, 5.41) is 0. The molecule has 1 saturated heterocycles. The molecule has 0 N–H and O–H groups in total. The summed E-state index contributed by atoms with van der Waals surface area (Å²) in [4.78, 5) is 2.58. The maximum Gasteiger partial charge on any atom is 0.175 e. The van der Waals surface area contributed by atoms with Gasteiger partial charge in [0.25, 0.3) is 0 Å². The molecular formula is C13H19NO3S. The molecule has 0 spiro atoms. The minimum absolute atomic E-state index is 0.324. The number of benzene rings is 1. The number of nitrogens with zero attached hydrogens (tertiary/aromatic N) is 1. The fourth-order valence-electron chi connectivity index (χ4n) is 2.09. The zero-order chi connectivity index (χ0) is 13.2. The summed E-state index contributed by atoms with van der Waals surface area (Å²) in [6.45, 7) is 4.95. The molecule has 1 aliphatic rings. The molecule has 0 saturated carbocycles. The third-order valence-corrected chi connectivity index (χ3v) is 4.30. The van der Waals surface area contributed by atoms with Gasteiger partial charge >= 0.3 is 0 Å². The molecular weight excluding hydrogens is 250 g/mol. The van der Waals surface area contributed by atoms with Crippen molar-refractivity contribution in [1.29, 1.82) is 0 Å². The molecule has 1 aromatic carbocycles. The summed E-state index contributed by atoms with van der Waals surface area (Å²) in [5.41, 5.74) is 0. The number of likely N-dealkylation sites (tertiary alicyclic amines) is 1. The summed E-state index contributed by atoms with van der Waals surface area (Å²) >= 11 is 0. The molecule has 1 heterocycles. The second-order valence-corrected chi connectivity index (χ2v) is 7.00. The molecule has 0 amide bonds. The highest BCUT2D eigenvalue weighted by Crippen LogP contribution is 2.18. The molecule has 1 fully saturated rings. The predicted octanol–water partition coefficient (Wildman–Crippen LogP) is 1.77. The van der Waals surface area contributed by atoms with Crippen molar-refractivity contribution < 1.29 is 13.2 Å². The van der Waals surface area contributed by atoms with Crippen LogP contribution in [0.15, 0.2) is 29.2 Å². The lowest BCUT2D eigenvalue weighted by Gasteiger charge is -2.16. The highest BCUT2D eigenvalue weighted by molar-refractivity contribution is 7.90. The van der Waals surface area contributed by atoms with E-state index < -0.39 is 9.84 Å².